The molecule has 5 heteroatoms. The Labute approximate surface area is 139 Å². The zero-order valence-electron chi connectivity index (χ0n) is 12.6. The zero-order valence-corrected chi connectivity index (χ0v) is 14.8. The van der Waals surface area contributed by atoms with E-state index in [2.05, 4.69) is 6.92 Å². The summed E-state index contributed by atoms with van der Waals surface area (Å²) in [7, 11) is 0. The molecule has 21 heavy (non-hydrogen) atoms. The van der Waals surface area contributed by atoms with E-state index in [1.165, 1.54) is 6.07 Å². The van der Waals surface area contributed by atoms with Crippen molar-refractivity contribution < 1.29 is 19.4 Å². The number of carbonyl (C=O) groups is 2. The lowest BCUT2D eigenvalue weighted by Gasteiger charge is -2.25. The molecule has 0 unspecified atom stereocenters. The summed E-state index contributed by atoms with van der Waals surface area (Å²) in [5.74, 6) is -1.69. The van der Waals surface area contributed by atoms with Crippen LogP contribution in [0.4, 0.5) is 0 Å². The fourth-order valence-electron chi connectivity index (χ4n) is 2.07. The fraction of sp³-hybridized carbons (Fsp3) is 0.500. The van der Waals surface area contributed by atoms with E-state index in [1.807, 2.05) is 36.4 Å². The van der Waals surface area contributed by atoms with Crippen molar-refractivity contribution in [1.29, 1.82) is 0 Å². The van der Waals surface area contributed by atoms with Crippen LogP contribution in [0.25, 0.3) is 0 Å². The average molecular weight is 404 g/mol. The van der Waals surface area contributed by atoms with Gasteiger partial charge in [0.1, 0.15) is 5.60 Å². The molecule has 1 aromatic carbocycles. The molecule has 0 fully saturated rings. The number of hydrogen-bond acceptors (Lipinski definition) is 3. The minimum Gasteiger partial charge on any atom is -0.478 e. The average Bonchev–Trinajstić information content (AvgIpc) is 2.37. The number of carbonyl (C=O) groups excluding carboxylic acids is 1. The molecule has 1 aromatic rings. The van der Waals surface area contributed by atoms with Gasteiger partial charge in [-0.25, -0.2) is 9.59 Å². The first-order valence-electron chi connectivity index (χ1n) is 7.03. The number of aromatic carboxylic acids is 1. The summed E-state index contributed by atoms with van der Waals surface area (Å²) in [6.07, 6.45) is 3.93. The molecule has 0 aromatic heterocycles. The van der Waals surface area contributed by atoms with Gasteiger partial charge in [-0.05, 0) is 61.4 Å². The molecular formula is C16H21IO4. The molecule has 0 atom stereocenters. The molecular weight excluding hydrogens is 383 g/mol. The van der Waals surface area contributed by atoms with E-state index in [0.29, 0.717) is 3.57 Å². The SMILES string of the molecule is CCCCCC(C)(C)OC(=O)c1cccc(I)c1C(=O)O. The number of carboxylic acid groups (broad SMARTS) is 1. The van der Waals surface area contributed by atoms with Gasteiger partial charge in [0.2, 0.25) is 0 Å². The normalized spacial score (nSPS) is 11.2. The van der Waals surface area contributed by atoms with E-state index >= 15 is 0 Å². The third kappa shape index (κ3) is 5.30. The summed E-state index contributed by atoms with van der Waals surface area (Å²) in [6, 6.07) is 4.82. The van der Waals surface area contributed by atoms with Gasteiger partial charge in [-0.15, -0.1) is 0 Å². The van der Waals surface area contributed by atoms with Crippen molar-refractivity contribution in [3.8, 4) is 0 Å². The Balaban J connectivity index is 2.90. The number of ether oxygens (including phenoxy) is 1. The lowest BCUT2D eigenvalue weighted by Crippen LogP contribution is -2.29. The van der Waals surface area contributed by atoms with Crippen LogP contribution in [0.1, 0.15) is 67.2 Å². The lowest BCUT2D eigenvalue weighted by atomic mass is 10.00. The quantitative estimate of drug-likeness (QED) is 0.413. The molecule has 0 aliphatic carbocycles. The van der Waals surface area contributed by atoms with Crippen LogP contribution in [0.15, 0.2) is 18.2 Å². The number of halogens is 1. The van der Waals surface area contributed by atoms with Gasteiger partial charge in [-0.3, -0.25) is 0 Å². The third-order valence-electron chi connectivity index (χ3n) is 3.20. The minimum absolute atomic E-state index is 0.00691. The van der Waals surface area contributed by atoms with E-state index in [1.54, 1.807) is 12.1 Å². The molecule has 0 heterocycles. The highest BCUT2D eigenvalue weighted by Crippen LogP contribution is 2.23. The van der Waals surface area contributed by atoms with Crippen LogP contribution in [-0.4, -0.2) is 22.6 Å². The topological polar surface area (TPSA) is 63.6 Å². The van der Waals surface area contributed by atoms with E-state index in [0.717, 1.165) is 25.7 Å². The Hall–Kier alpha value is -1.11. The molecule has 0 saturated heterocycles. The Kier molecular flexibility index (Phi) is 6.64. The monoisotopic (exact) mass is 404 g/mol. The highest BCUT2D eigenvalue weighted by atomic mass is 127. The summed E-state index contributed by atoms with van der Waals surface area (Å²) >= 11 is 1.91. The summed E-state index contributed by atoms with van der Waals surface area (Å²) in [5.41, 5.74) is -0.478. The highest BCUT2D eigenvalue weighted by Gasteiger charge is 2.27. The van der Waals surface area contributed by atoms with Crippen LogP contribution in [0, 0.1) is 3.57 Å². The molecule has 1 N–H and O–H groups in total. The highest BCUT2D eigenvalue weighted by molar-refractivity contribution is 14.1. The molecule has 116 valence electrons. The standard InChI is InChI=1S/C16H21IO4/c1-4-5-6-10-16(2,3)21-15(20)11-8-7-9-12(17)13(11)14(18)19/h7-9H,4-6,10H2,1-3H3,(H,18,19). The van der Waals surface area contributed by atoms with Crippen LogP contribution in [0.5, 0.6) is 0 Å². The number of carboxylic acids is 1. The molecule has 0 aliphatic rings. The number of unbranched alkanes of at least 4 members (excludes halogenated alkanes) is 2. The molecule has 0 aliphatic heterocycles. The largest absolute Gasteiger partial charge is 0.478 e. The number of esters is 1. The van der Waals surface area contributed by atoms with E-state index in [-0.39, 0.29) is 11.1 Å². The Morgan fingerprint density at radius 1 is 1.29 bits per heavy atom. The smallest absolute Gasteiger partial charge is 0.339 e. The van der Waals surface area contributed by atoms with Gasteiger partial charge in [0, 0.05) is 3.57 Å². The summed E-state index contributed by atoms with van der Waals surface area (Å²) < 4.78 is 6.04. The Morgan fingerprint density at radius 2 is 1.95 bits per heavy atom. The molecule has 0 spiro atoms. The molecule has 1 rings (SSSR count). The van der Waals surface area contributed by atoms with Crippen molar-refractivity contribution in [2.75, 3.05) is 0 Å². The van der Waals surface area contributed by atoms with Gasteiger partial charge in [-0.1, -0.05) is 25.8 Å². The first kappa shape index (κ1) is 17.9. The first-order chi connectivity index (χ1) is 9.78. The van der Waals surface area contributed by atoms with Crippen molar-refractivity contribution in [1.82, 2.24) is 0 Å². The summed E-state index contributed by atoms with van der Waals surface area (Å²) in [4.78, 5) is 23.6. The van der Waals surface area contributed by atoms with Gasteiger partial charge in [0.05, 0.1) is 11.1 Å². The number of hydrogen-bond donors (Lipinski definition) is 1. The fourth-order valence-corrected chi connectivity index (χ4v) is 2.80. The zero-order chi connectivity index (χ0) is 16.0. The van der Waals surface area contributed by atoms with Gasteiger partial charge < -0.3 is 9.84 Å². The van der Waals surface area contributed by atoms with Gasteiger partial charge in [0.25, 0.3) is 0 Å². The maximum atomic E-state index is 12.3. The van der Waals surface area contributed by atoms with E-state index < -0.39 is 17.5 Å². The summed E-state index contributed by atoms with van der Waals surface area (Å²) in [5, 5.41) is 9.25. The Bertz CT molecular complexity index is 523. The second kappa shape index (κ2) is 7.77. The van der Waals surface area contributed by atoms with Crippen LogP contribution in [-0.2, 0) is 4.74 Å². The predicted octanol–water partition coefficient (Wildman–Crippen LogP) is 4.51. The third-order valence-corrected chi connectivity index (χ3v) is 4.10. The predicted molar refractivity (Wildman–Crippen MR) is 89.8 cm³/mol. The first-order valence-corrected chi connectivity index (χ1v) is 8.11. The second-order valence-electron chi connectivity index (χ2n) is 5.57. The molecule has 0 radical (unpaired) electrons. The van der Waals surface area contributed by atoms with Crippen molar-refractivity contribution >= 4 is 34.5 Å². The van der Waals surface area contributed by atoms with Gasteiger partial charge >= 0.3 is 11.9 Å². The van der Waals surface area contributed by atoms with Gasteiger partial charge in [0.15, 0.2) is 0 Å². The van der Waals surface area contributed by atoms with Gasteiger partial charge in [-0.2, -0.15) is 0 Å². The molecule has 0 bridgehead atoms. The van der Waals surface area contributed by atoms with Crippen molar-refractivity contribution in [2.45, 2.75) is 52.1 Å². The van der Waals surface area contributed by atoms with E-state index in [9.17, 15) is 14.7 Å². The number of rotatable bonds is 7. The van der Waals surface area contributed by atoms with Crippen LogP contribution >= 0.6 is 22.6 Å². The molecule has 4 nitrogen and oxygen atoms in total. The minimum atomic E-state index is -1.12. The van der Waals surface area contributed by atoms with Crippen LogP contribution in [0.3, 0.4) is 0 Å². The summed E-state index contributed by atoms with van der Waals surface area (Å²) in [6.45, 7) is 5.83. The van der Waals surface area contributed by atoms with Crippen molar-refractivity contribution in [3.05, 3.63) is 32.9 Å². The maximum Gasteiger partial charge on any atom is 0.339 e. The van der Waals surface area contributed by atoms with Crippen molar-refractivity contribution in [2.24, 2.45) is 0 Å². The maximum absolute atomic E-state index is 12.3. The lowest BCUT2D eigenvalue weighted by molar-refractivity contribution is -0.00575. The van der Waals surface area contributed by atoms with E-state index in [4.69, 9.17) is 4.74 Å². The van der Waals surface area contributed by atoms with Crippen molar-refractivity contribution in [3.63, 3.8) is 0 Å². The molecule has 0 amide bonds. The number of benzene rings is 1. The van der Waals surface area contributed by atoms with Crippen LogP contribution in [0.2, 0.25) is 0 Å². The molecule has 0 saturated carbocycles. The Morgan fingerprint density at radius 3 is 2.52 bits per heavy atom. The van der Waals surface area contributed by atoms with Crippen LogP contribution < -0.4 is 0 Å². The second-order valence-corrected chi connectivity index (χ2v) is 6.74.